The van der Waals surface area contributed by atoms with E-state index >= 15 is 0 Å². The number of nitrogens with zero attached hydrogens (tertiary/aromatic N) is 1. The Labute approximate surface area is 154 Å². The summed E-state index contributed by atoms with van der Waals surface area (Å²) in [6.45, 7) is 7.12. The van der Waals surface area contributed by atoms with Crippen LogP contribution in [0.5, 0.6) is 5.75 Å². The number of hydrogen-bond acceptors (Lipinski definition) is 4. The molecule has 0 saturated carbocycles. The Kier molecular flexibility index (Phi) is 5.15. The molecule has 1 fully saturated rings. The van der Waals surface area contributed by atoms with Crippen molar-refractivity contribution in [2.24, 2.45) is 0 Å². The number of likely N-dealkylation sites (N-methyl/N-ethyl adjacent to an activating group) is 1. The van der Waals surface area contributed by atoms with Crippen LogP contribution in [-0.4, -0.2) is 50.6 Å². The van der Waals surface area contributed by atoms with Gasteiger partial charge in [0.05, 0.1) is 33.2 Å². The van der Waals surface area contributed by atoms with E-state index in [4.69, 9.17) is 9.15 Å². The number of amides is 1. The van der Waals surface area contributed by atoms with Gasteiger partial charge in [-0.25, -0.2) is 4.79 Å². The molecule has 0 aliphatic carbocycles. The van der Waals surface area contributed by atoms with E-state index in [1.807, 2.05) is 30.9 Å². The minimum atomic E-state index is -0.415. The second-order valence-electron chi connectivity index (χ2n) is 6.52. The molecular formula is C18H22BrN2O4+. The molecule has 2 heterocycles. The lowest BCUT2D eigenvalue weighted by molar-refractivity contribution is -0.883. The van der Waals surface area contributed by atoms with Gasteiger partial charge in [-0.05, 0) is 47.5 Å². The quantitative estimate of drug-likeness (QED) is 0.765. The summed E-state index contributed by atoms with van der Waals surface area (Å²) in [6.07, 6.45) is 0. The van der Waals surface area contributed by atoms with Gasteiger partial charge in [0.25, 0.3) is 5.91 Å². The highest BCUT2D eigenvalue weighted by atomic mass is 79.9. The number of quaternary nitrogens is 1. The summed E-state index contributed by atoms with van der Waals surface area (Å²) in [6, 6.07) is 3.67. The summed E-state index contributed by atoms with van der Waals surface area (Å²) in [5, 5.41) is 0.852. The molecule has 25 heavy (non-hydrogen) atoms. The molecule has 1 amide bonds. The fourth-order valence-electron chi connectivity index (χ4n) is 3.03. The van der Waals surface area contributed by atoms with Crippen LogP contribution in [0.25, 0.3) is 11.0 Å². The van der Waals surface area contributed by atoms with Crippen molar-refractivity contribution in [3.63, 3.8) is 0 Å². The fraction of sp³-hybridized carbons (Fsp3) is 0.444. The van der Waals surface area contributed by atoms with E-state index in [1.54, 1.807) is 0 Å². The largest absolute Gasteiger partial charge is 0.483 e. The van der Waals surface area contributed by atoms with Crippen molar-refractivity contribution >= 4 is 32.8 Å². The van der Waals surface area contributed by atoms with Crippen LogP contribution < -0.4 is 15.3 Å². The molecule has 1 aromatic carbocycles. The summed E-state index contributed by atoms with van der Waals surface area (Å²) < 4.78 is 11.6. The Bertz CT molecular complexity index is 869. The molecule has 2 aromatic rings. The smallest absolute Gasteiger partial charge is 0.350 e. The minimum Gasteiger partial charge on any atom is -0.483 e. The molecule has 0 atom stereocenters. The Morgan fingerprint density at radius 2 is 1.96 bits per heavy atom. The maximum absolute atomic E-state index is 12.3. The SMILES string of the molecule is Cc1c(Br)c(=O)oc2c(C)c(OCC(=O)N3CC[NH+](C)CC3)ccc12. The normalized spacial score (nSPS) is 15.6. The van der Waals surface area contributed by atoms with Crippen LogP contribution in [0.4, 0.5) is 0 Å². The van der Waals surface area contributed by atoms with Gasteiger partial charge in [-0.2, -0.15) is 0 Å². The molecule has 1 N–H and O–H groups in total. The van der Waals surface area contributed by atoms with Gasteiger partial charge in [0.2, 0.25) is 0 Å². The second-order valence-corrected chi connectivity index (χ2v) is 7.31. The average Bonchev–Trinajstić information content (AvgIpc) is 2.60. The van der Waals surface area contributed by atoms with Crippen LogP contribution in [0.1, 0.15) is 11.1 Å². The molecule has 1 aliphatic rings. The second kappa shape index (κ2) is 7.17. The topological polar surface area (TPSA) is 64.2 Å². The summed E-state index contributed by atoms with van der Waals surface area (Å²) in [7, 11) is 2.13. The minimum absolute atomic E-state index is 0.00879. The number of aryl methyl sites for hydroxylation is 2. The predicted octanol–water partition coefficient (Wildman–Crippen LogP) is 0.908. The third-order valence-electron chi connectivity index (χ3n) is 4.78. The van der Waals surface area contributed by atoms with Crippen LogP contribution in [-0.2, 0) is 4.79 Å². The van der Waals surface area contributed by atoms with Crippen molar-refractivity contribution in [1.29, 1.82) is 0 Å². The zero-order valence-electron chi connectivity index (χ0n) is 14.6. The summed E-state index contributed by atoms with van der Waals surface area (Å²) in [4.78, 5) is 27.5. The van der Waals surface area contributed by atoms with Gasteiger partial charge in [0, 0.05) is 10.9 Å². The van der Waals surface area contributed by atoms with Crippen molar-refractivity contribution in [3.8, 4) is 5.75 Å². The highest BCUT2D eigenvalue weighted by Crippen LogP contribution is 2.30. The first kappa shape index (κ1) is 17.9. The third kappa shape index (κ3) is 3.57. The maximum atomic E-state index is 12.3. The van der Waals surface area contributed by atoms with E-state index in [0.29, 0.717) is 15.8 Å². The molecule has 1 saturated heterocycles. The van der Waals surface area contributed by atoms with E-state index < -0.39 is 5.63 Å². The molecule has 7 heteroatoms. The number of benzene rings is 1. The standard InChI is InChI=1S/C18H21BrN2O4/c1-11-13-4-5-14(12(2)17(13)25-18(23)16(11)19)24-10-15(22)21-8-6-20(3)7-9-21/h4-5H,6-10H2,1-3H3/p+1. The predicted molar refractivity (Wildman–Crippen MR) is 98.4 cm³/mol. The molecule has 0 spiro atoms. The first-order valence-electron chi connectivity index (χ1n) is 8.33. The third-order valence-corrected chi connectivity index (χ3v) is 5.70. The molecule has 1 aromatic heterocycles. The fourth-order valence-corrected chi connectivity index (χ4v) is 3.33. The number of ether oxygens (including phenoxy) is 1. The monoisotopic (exact) mass is 409 g/mol. The number of hydrogen-bond donors (Lipinski definition) is 1. The lowest BCUT2D eigenvalue weighted by atomic mass is 10.1. The van der Waals surface area contributed by atoms with Crippen LogP contribution >= 0.6 is 15.9 Å². The number of fused-ring (bicyclic) bond motifs is 1. The lowest BCUT2D eigenvalue weighted by Crippen LogP contribution is -3.12. The van der Waals surface area contributed by atoms with Gasteiger partial charge in [-0.15, -0.1) is 0 Å². The Balaban J connectivity index is 1.78. The number of nitrogens with one attached hydrogen (secondary N) is 1. The molecule has 3 rings (SSSR count). The summed E-state index contributed by atoms with van der Waals surface area (Å²) >= 11 is 3.25. The molecule has 134 valence electrons. The van der Waals surface area contributed by atoms with E-state index in [1.165, 1.54) is 4.90 Å². The summed E-state index contributed by atoms with van der Waals surface area (Å²) in [5.41, 5.74) is 1.64. The van der Waals surface area contributed by atoms with Crippen LogP contribution in [0.2, 0.25) is 0 Å². The highest BCUT2D eigenvalue weighted by molar-refractivity contribution is 9.10. The molecule has 0 unspecified atom stereocenters. The van der Waals surface area contributed by atoms with Crippen molar-refractivity contribution < 1.29 is 18.8 Å². The van der Waals surface area contributed by atoms with Gasteiger partial charge in [0.15, 0.2) is 6.61 Å². The zero-order chi connectivity index (χ0) is 18.1. The Morgan fingerprint density at radius 3 is 2.64 bits per heavy atom. The summed E-state index contributed by atoms with van der Waals surface area (Å²) in [5.74, 6) is 0.547. The first-order chi connectivity index (χ1) is 11.9. The van der Waals surface area contributed by atoms with E-state index in [9.17, 15) is 9.59 Å². The van der Waals surface area contributed by atoms with Gasteiger partial charge in [-0.1, -0.05) is 0 Å². The Morgan fingerprint density at radius 1 is 1.28 bits per heavy atom. The number of carbonyl (C=O) groups is 1. The van der Waals surface area contributed by atoms with Crippen LogP contribution in [0.3, 0.4) is 0 Å². The van der Waals surface area contributed by atoms with E-state index in [2.05, 4.69) is 23.0 Å². The van der Waals surface area contributed by atoms with Crippen molar-refractivity contribution in [1.82, 2.24) is 4.90 Å². The van der Waals surface area contributed by atoms with Gasteiger partial charge in [0.1, 0.15) is 15.8 Å². The molecule has 0 bridgehead atoms. The number of carbonyl (C=O) groups excluding carboxylic acids is 1. The first-order valence-corrected chi connectivity index (χ1v) is 9.12. The zero-order valence-corrected chi connectivity index (χ0v) is 16.2. The lowest BCUT2D eigenvalue weighted by Gasteiger charge is -2.30. The van der Waals surface area contributed by atoms with Crippen LogP contribution in [0.15, 0.2) is 25.8 Å². The number of rotatable bonds is 3. The van der Waals surface area contributed by atoms with E-state index in [-0.39, 0.29) is 12.5 Å². The van der Waals surface area contributed by atoms with Crippen LogP contribution in [0, 0.1) is 13.8 Å². The van der Waals surface area contributed by atoms with Crippen molar-refractivity contribution in [2.75, 3.05) is 39.8 Å². The van der Waals surface area contributed by atoms with Gasteiger partial charge >= 0.3 is 5.63 Å². The maximum Gasteiger partial charge on any atom is 0.350 e. The molecule has 6 nitrogen and oxygen atoms in total. The number of halogens is 1. The van der Waals surface area contributed by atoms with Crippen molar-refractivity contribution in [3.05, 3.63) is 38.2 Å². The Hall–Kier alpha value is -1.86. The molecular weight excluding hydrogens is 388 g/mol. The highest BCUT2D eigenvalue weighted by Gasteiger charge is 2.22. The average molecular weight is 410 g/mol. The number of piperazine rings is 1. The molecule has 0 radical (unpaired) electrons. The van der Waals surface area contributed by atoms with Gasteiger partial charge < -0.3 is 19.0 Å². The van der Waals surface area contributed by atoms with Gasteiger partial charge in [-0.3, -0.25) is 4.79 Å². The van der Waals surface area contributed by atoms with Crippen molar-refractivity contribution in [2.45, 2.75) is 13.8 Å². The van der Waals surface area contributed by atoms with E-state index in [0.717, 1.165) is 42.7 Å². The molecule has 1 aliphatic heterocycles.